The molecule has 1 aromatic carbocycles. The first kappa shape index (κ1) is 26.1. The quantitative estimate of drug-likeness (QED) is 0.436. The summed E-state index contributed by atoms with van der Waals surface area (Å²) in [4.78, 5) is 35.6. The molecule has 0 unspecified atom stereocenters. The monoisotopic (exact) mass is 550 g/mol. The number of benzene rings is 1. The van der Waals surface area contributed by atoms with E-state index in [2.05, 4.69) is 20.4 Å². The number of halogens is 1. The lowest BCUT2D eigenvalue weighted by atomic mass is 10.1. The van der Waals surface area contributed by atoms with Crippen LogP contribution in [0.25, 0.3) is 5.82 Å². The van der Waals surface area contributed by atoms with Crippen LogP contribution in [0.4, 0.5) is 0 Å². The van der Waals surface area contributed by atoms with E-state index in [-0.39, 0.29) is 33.0 Å². The molecule has 36 heavy (non-hydrogen) atoms. The second-order valence-electron chi connectivity index (χ2n) is 8.28. The molecule has 11 nitrogen and oxygen atoms in total. The van der Waals surface area contributed by atoms with E-state index in [9.17, 15) is 23.1 Å². The van der Waals surface area contributed by atoms with Gasteiger partial charge < -0.3 is 15.3 Å². The zero-order valence-corrected chi connectivity index (χ0v) is 21.8. The standard InChI is InChI=1S/C22H23ClN6O5S2/c1-22(32,27-19(30)15-9-16(23)11-17(10-15)36(2,33)34)21-25-13-26-29(21)18-4-3-14(12-24-18)20(31)28-5-7-35-8-6-28/h3-4,9-13,32H,5-8H2,1-2H3,(H,27,30)/t22-/m0/s1. The predicted molar refractivity (Wildman–Crippen MR) is 134 cm³/mol. The minimum atomic E-state index is -3.62. The number of sulfone groups is 1. The van der Waals surface area contributed by atoms with E-state index in [1.807, 2.05) is 0 Å². The summed E-state index contributed by atoms with van der Waals surface area (Å²) < 4.78 is 25.0. The normalized spacial score (nSPS) is 15.8. The fraction of sp³-hybridized carbons (Fsp3) is 0.318. The van der Waals surface area contributed by atoms with E-state index in [1.54, 1.807) is 28.8 Å². The molecule has 1 saturated heterocycles. The number of thioether (sulfide) groups is 1. The predicted octanol–water partition coefficient (Wildman–Crippen LogP) is 1.50. The zero-order chi connectivity index (χ0) is 26.1. The molecule has 1 aliphatic rings. The summed E-state index contributed by atoms with van der Waals surface area (Å²) in [6.07, 6.45) is 3.61. The number of aromatic nitrogens is 4. The number of nitrogens with zero attached hydrogens (tertiary/aromatic N) is 5. The second kappa shape index (κ2) is 10.2. The van der Waals surface area contributed by atoms with Gasteiger partial charge in [-0.2, -0.15) is 21.5 Å². The first-order chi connectivity index (χ1) is 17.0. The van der Waals surface area contributed by atoms with Crippen LogP contribution in [0.3, 0.4) is 0 Å². The SMILES string of the molecule is C[C@@](O)(NC(=O)c1cc(Cl)cc(S(C)(=O)=O)c1)c1ncnn1-c1ccc(C(=O)N2CCSCC2)cn1. The highest BCUT2D eigenvalue weighted by Gasteiger charge is 2.33. The van der Waals surface area contributed by atoms with Crippen molar-refractivity contribution in [1.29, 1.82) is 0 Å². The van der Waals surface area contributed by atoms with Gasteiger partial charge >= 0.3 is 0 Å². The average Bonchev–Trinajstić information content (AvgIpc) is 3.34. The van der Waals surface area contributed by atoms with Gasteiger partial charge in [0.1, 0.15) is 6.33 Å². The second-order valence-corrected chi connectivity index (χ2v) is 12.0. The Balaban J connectivity index is 1.56. The molecule has 3 aromatic rings. The maximum absolute atomic E-state index is 12.9. The third-order valence-electron chi connectivity index (χ3n) is 5.41. The van der Waals surface area contributed by atoms with E-state index in [1.165, 1.54) is 36.3 Å². The third-order valence-corrected chi connectivity index (χ3v) is 7.66. The number of hydrogen-bond acceptors (Lipinski definition) is 9. The Morgan fingerprint density at radius 2 is 1.86 bits per heavy atom. The van der Waals surface area contributed by atoms with Crippen molar-refractivity contribution in [2.45, 2.75) is 17.5 Å². The van der Waals surface area contributed by atoms with Crippen LogP contribution in [0.5, 0.6) is 0 Å². The fourth-order valence-electron chi connectivity index (χ4n) is 3.58. The van der Waals surface area contributed by atoms with Crippen molar-refractivity contribution in [3.63, 3.8) is 0 Å². The molecule has 0 bridgehead atoms. The van der Waals surface area contributed by atoms with Crippen molar-refractivity contribution in [3.05, 3.63) is 64.8 Å². The van der Waals surface area contributed by atoms with Crippen LogP contribution in [0.2, 0.25) is 5.02 Å². The lowest BCUT2D eigenvalue weighted by molar-refractivity contribution is 0.0106. The maximum Gasteiger partial charge on any atom is 0.255 e. The highest BCUT2D eigenvalue weighted by atomic mass is 35.5. The zero-order valence-electron chi connectivity index (χ0n) is 19.4. The van der Waals surface area contributed by atoms with Gasteiger partial charge in [0.2, 0.25) is 0 Å². The van der Waals surface area contributed by atoms with E-state index < -0.39 is 21.5 Å². The van der Waals surface area contributed by atoms with Crippen molar-refractivity contribution >= 4 is 45.0 Å². The summed E-state index contributed by atoms with van der Waals surface area (Å²) in [5.41, 5.74) is -1.66. The lowest BCUT2D eigenvalue weighted by Crippen LogP contribution is -2.45. The molecule has 2 amide bonds. The van der Waals surface area contributed by atoms with Crippen molar-refractivity contribution < 1.29 is 23.1 Å². The Morgan fingerprint density at radius 1 is 1.14 bits per heavy atom. The lowest BCUT2D eigenvalue weighted by Gasteiger charge is -2.26. The van der Waals surface area contributed by atoms with Gasteiger partial charge in [-0.1, -0.05) is 11.6 Å². The maximum atomic E-state index is 12.9. The molecule has 0 spiro atoms. The molecule has 14 heteroatoms. The molecule has 1 fully saturated rings. The molecule has 190 valence electrons. The Labute approximate surface area is 216 Å². The van der Waals surface area contributed by atoms with Crippen LogP contribution in [0.1, 0.15) is 33.5 Å². The molecular weight excluding hydrogens is 528 g/mol. The van der Waals surface area contributed by atoms with E-state index in [0.717, 1.165) is 23.8 Å². The summed E-state index contributed by atoms with van der Waals surface area (Å²) in [7, 11) is -3.62. The Kier molecular flexibility index (Phi) is 7.36. The molecule has 3 heterocycles. The molecule has 1 aliphatic heterocycles. The highest BCUT2D eigenvalue weighted by molar-refractivity contribution is 7.99. The number of aliphatic hydroxyl groups is 1. The van der Waals surface area contributed by atoms with Crippen molar-refractivity contribution in [2.75, 3.05) is 30.9 Å². The summed E-state index contributed by atoms with van der Waals surface area (Å²) in [5, 5.41) is 17.6. The number of carbonyl (C=O) groups excluding carboxylic acids is 2. The van der Waals surface area contributed by atoms with Crippen LogP contribution in [0.15, 0.2) is 47.8 Å². The van der Waals surface area contributed by atoms with Gasteiger partial charge in [0.15, 0.2) is 27.2 Å². The molecule has 4 rings (SSSR count). The largest absolute Gasteiger partial charge is 0.365 e. The molecule has 2 aromatic heterocycles. The van der Waals surface area contributed by atoms with Gasteiger partial charge in [-0.05, 0) is 37.3 Å². The summed E-state index contributed by atoms with van der Waals surface area (Å²) in [5.74, 6) is 1.11. The van der Waals surface area contributed by atoms with Crippen molar-refractivity contribution in [2.24, 2.45) is 0 Å². The van der Waals surface area contributed by atoms with Crippen molar-refractivity contribution in [1.82, 2.24) is 30.0 Å². The van der Waals surface area contributed by atoms with Gasteiger partial charge in [-0.15, -0.1) is 0 Å². The van der Waals surface area contributed by atoms with E-state index >= 15 is 0 Å². The van der Waals surface area contributed by atoms with Gasteiger partial charge in [0, 0.05) is 47.6 Å². The molecule has 1 atom stereocenters. The molecule has 0 aliphatic carbocycles. The minimum Gasteiger partial charge on any atom is -0.365 e. The topological polar surface area (TPSA) is 147 Å². The van der Waals surface area contributed by atoms with E-state index in [0.29, 0.717) is 18.7 Å². The summed E-state index contributed by atoms with van der Waals surface area (Å²) in [6.45, 7) is 2.65. The Morgan fingerprint density at radius 3 is 2.50 bits per heavy atom. The van der Waals surface area contributed by atoms with Crippen LogP contribution < -0.4 is 5.32 Å². The molecule has 0 radical (unpaired) electrons. The third kappa shape index (κ3) is 5.69. The fourth-order valence-corrected chi connectivity index (χ4v) is 5.47. The molecular formula is C22H23ClN6O5S2. The van der Waals surface area contributed by atoms with Crippen molar-refractivity contribution in [3.8, 4) is 5.82 Å². The van der Waals surface area contributed by atoms with Crippen LogP contribution in [-0.2, 0) is 15.6 Å². The number of nitrogens with one attached hydrogen (secondary N) is 1. The highest BCUT2D eigenvalue weighted by Crippen LogP contribution is 2.22. The Bertz CT molecular complexity index is 1400. The van der Waals surface area contributed by atoms with Gasteiger partial charge in [-0.25, -0.2) is 18.4 Å². The van der Waals surface area contributed by atoms with Crippen LogP contribution >= 0.6 is 23.4 Å². The number of pyridine rings is 1. The molecule has 2 N–H and O–H groups in total. The van der Waals surface area contributed by atoms with Gasteiger partial charge in [0.25, 0.3) is 11.8 Å². The van der Waals surface area contributed by atoms with Crippen LogP contribution in [0, 0.1) is 0 Å². The average molecular weight is 551 g/mol. The first-order valence-corrected chi connectivity index (χ1v) is 14.2. The van der Waals surface area contributed by atoms with Crippen LogP contribution in [-0.4, -0.2) is 80.8 Å². The smallest absolute Gasteiger partial charge is 0.255 e. The number of hydrogen-bond donors (Lipinski definition) is 2. The molecule has 0 saturated carbocycles. The van der Waals surface area contributed by atoms with E-state index in [4.69, 9.17) is 11.6 Å². The first-order valence-electron chi connectivity index (χ1n) is 10.8. The Hall–Kier alpha value is -3.00. The van der Waals surface area contributed by atoms with Gasteiger partial charge in [-0.3, -0.25) is 9.59 Å². The number of carbonyl (C=O) groups is 2. The number of rotatable bonds is 6. The summed E-state index contributed by atoms with van der Waals surface area (Å²) in [6, 6.07) is 6.86. The minimum absolute atomic E-state index is 0.0491. The number of amides is 2. The van der Waals surface area contributed by atoms with Gasteiger partial charge in [0.05, 0.1) is 10.5 Å². The summed E-state index contributed by atoms with van der Waals surface area (Å²) >= 11 is 7.80.